The smallest absolute Gasteiger partial charge is 0.321 e. The summed E-state index contributed by atoms with van der Waals surface area (Å²) in [4.78, 5) is 34.1. The van der Waals surface area contributed by atoms with Crippen LogP contribution in [0.1, 0.15) is 48.5 Å². The van der Waals surface area contributed by atoms with E-state index in [9.17, 15) is 9.59 Å². The van der Waals surface area contributed by atoms with Gasteiger partial charge in [0.25, 0.3) is 5.91 Å². The summed E-state index contributed by atoms with van der Waals surface area (Å²) >= 11 is 0. The van der Waals surface area contributed by atoms with Crippen molar-refractivity contribution in [3.63, 3.8) is 0 Å². The number of ether oxygens (including phenoxy) is 1. The van der Waals surface area contributed by atoms with Crippen LogP contribution in [-0.2, 0) is 4.74 Å². The van der Waals surface area contributed by atoms with E-state index in [-0.39, 0.29) is 18.0 Å². The summed E-state index contributed by atoms with van der Waals surface area (Å²) in [6.07, 6.45) is 3.82. The van der Waals surface area contributed by atoms with Gasteiger partial charge < -0.3 is 25.2 Å². The molecule has 4 rings (SSSR count). The number of hydrogen-bond donors (Lipinski definition) is 2. The summed E-state index contributed by atoms with van der Waals surface area (Å²) in [5, 5.41) is 6.05. The van der Waals surface area contributed by atoms with Crippen molar-refractivity contribution in [3.8, 4) is 0 Å². The van der Waals surface area contributed by atoms with E-state index >= 15 is 0 Å². The predicted octanol–water partition coefficient (Wildman–Crippen LogP) is 3.47. The number of urea groups is 1. The van der Waals surface area contributed by atoms with Gasteiger partial charge in [-0.25, -0.2) is 9.78 Å². The van der Waals surface area contributed by atoms with Crippen LogP contribution in [-0.4, -0.2) is 67.3 Å². The topological polar surface area (TPSA) is 86.8 Å². The lowest BCUT2D eigenvalue weighted by atomic mass is 10.0. The Labute approximate surface area is 195 Å². The first-order valence-corrected chi connectivity index (χ1v) is 11.8. The zero-order valence-electron chi connectivity index (χ0n) is 19.4. The Balaban J connectivity index is 1.35. The van der Waals surface area contributed by atoms with Crippen molar-refractivity contribution < 1.29 is 14.3 Å². The molecule has 1 aromatic heterocycles. The highest BCUT2D eigenvalue weighted by molar-refractivity contribution is 5.99. The molecular weight excluding hydrogens is 418 g/mol. The van der Waals surface area contributed by atoms with Gasteiger partial charge in [0, 0.05) is 51.2 Å². The molecule has 0 bridgehead atoms. The molecular formula is C25H33N5O3. The number of benzene rings is 1. The lowest BCUT2D eigenvalue weighted by Gasteiger charge is -2.36. The van der Waals surface area contributed by atoms with E-state index in [1.165, 1.54) is 0 Å². The number of carbonyl (C=O) groups excluding carboxylic acids is 2. The van der Waals surface area contributed by atoms with Gasteiger partial charge in [-0.05, 0) is 42.5 Å². The molecule has 2 saturated heterocycles. The molecule has 3 heterocycles. The standard InChI is InChI=1S/C25H33N5O3/c1-18(2)20-8-3-4-10-22(20)28-25(32)30-14-12-29(13-15-30)23-21(9-5-11-26-23)24(31)27-17-19-7-6-16-33-19/h3-5,8-11,18-19H,6-7,12-17H2,1-2H3,(H,27,31)(H,28,32)/t19-/m0/s1. The third-order valence-corrected chi connectivity index (χ3v) is 6.24. The normalized spacial score (nSPS) is 18.5. The number of nitrogens with one attached hydrogen (secondary N) is 2. The second-order valence-corrected chi connectivity index (χ2v) is 8.87. The van der Waals surface area contributed by atoms with Crippen LogP contribution in [0.3, 0.4) is 0 Å². The minimum Gasteiger partial charge on any atom is -0.376 e. The average molecular weight is 452 g/mol. The van der Waals surface area contributed by atoms with Crippen LogP contribution >= 0.6 is 0 Å². The maximum Gasteiger partial charge on any atom is 0.321 e. The van der Waals surface area contributed by atoms with Gasteiger partial charge in [0.05, 0.1) is 11.7 Å². The molecule has 2 fully saturated rings. The zero-order valence-corrected chi connectivity index (χ0v) is 19.4. The predicted molar refractivity (Wildman–Crippen MR) is 129 cm³/mol. The van der Waals surface area contributed by atoms with Crippen molar-refractivity contribution in [1.29, 1.82) is 0 Å². The highest BCUT2D eigenvalue weighted by Gasteiger charge is 2.26. The molecule has 1 aromatic carbocycles. The van der Waals surface area contributed by atoms with E-state index in [1.54, 1.807) is 18.3 Å². The van der Waals surface area contributed by atoms with E-state index in [1.807, 2.05) is 29.2 Å². The molecule has 0 radical (unpaired) electrons. The van der Waals surface area contributed by atoms with Gasteiger partial charge in [-0.3, -0.25) is 4.79 Å². The van der Waals surface area contributed by atoms with Crippen molar-refractivity contribution in [2.75, 3.05) is 49.5 Å². The van der Waals surface area contributed by atoms with E-state index in [4.69, 9.17) is 4.74 Å². The Hall–Kier alpha value is -3.13. The molecule has 33 heavy (non-hydrogen) atoms. The number of para-hydroxylation sites is 1. The fourth-order valence-electron chi connectivity index (χ4n) is 4.36. The number of piperazine rings is 1. The Morgan fingerprint density at radius 2 is 1.91 bits per heavy atom. The maximum absolute atomic E-state index is 12.9. The molecule has 3 amide bonds. The number of anilines is 2. The van der Waals surface area contributed by atoms with Gasteiger partial charge >= 0.3 is 6.03 Å². The zero-order chi connectivity index (χ0) is 23.2. The minimum atomic E-state index is -0.140. The molecule has 8 heteroatoms. The number of aromatic nitrogens is 1. The molecule has 1 atom stereocenters. The number of amides is 3. The molecule has 0 aliphatic carbocycles. The van der Waals surface area contributed by atoms with E-state index < -0.39 is 0 Å². The first kappa shape index (κ1) is 23.0. The summed E-state index contributed by atoms with van der Waals surface area (Å²) in [5.41, 5.74) is 2.53. The lowest BCUT2D eigenvalue weighted by Crippen LogP contribution is -2.50. The number of carbonyl (C=O) groups is 2. The Morgan fingerprint density at radius 3 is 2.64 bits per heavy atom. The minimum absolute atomic E-state index is 0.0944. The molecule has 0 saturated carbocycles. The van der Waals surface area contributed by atoms with Crippen LogP contribution in [0.4, 0.5) is 16.3 Å². The SMILES string of the molecule is CC(C)c1ccccc1NC(=O)N1CCN(c2ncccc2C(=O)NC[C@@H]2CCCO2)CC1. The monoisotopic (exact) mass is 451 g/mol. The third-order valence-electron chi connectivity index (χ3n) is 6.24. The lowest BCUT2D eigenvalue weighted by molar-refractivity contribution is 0.0857. The summed E-state index contributed by atoms with van der Waals surface area (Å²) in [6.45, 7) is 7.85. The van der Waals surface area contributed by atoms with Gasteiger partial charge in [0.2, 0.25) is 0 Å². The molecule has 0 unspecified atom stereocenters. The van der Waals surface area contributed by atoms with Crippen molar-refractivity contribution in [3.05, 3.63) is 53.7 Å². The van der Waals surface area contributed by atoms with Crippen LogP contribution in [0.5, 0.6) is 0 Å². The van der Waals surface area contributed by atoms with Gasteiger partial charge in [-0.1, -0.05) is 32.0 Å². The third kappa shape index (κ3) is 5.63. The van der Waals surface area contributed by atoms with E-state index in [0.29, 0.717) is 50.0 Å². The van der Waals surface area contributed by atoms with Gasteiger partial charge in [0.1, 0.15) is 5.82 Å². The average Bonchev–Trinajstić information content (AvgIpc) is 3.36. The highest BCUT2D eigenvalue weighted by atomic mass is 16.5. The van der Waals surface area contributed by atoms with Crippen molar-refractivity contribution >= 4 is 23.4 Å². The Morgan fingerprint density at radius 1 is 1.12 bits per heavy atom. The summed E-state index contributed by atoms with van der Waals surface area (Å²) in [5.74, 6) is 0.846. The second kappa shape index (κ2) is 10.7. The molecule has 0 spiro atoms. The summed E-state index contributed by atoms with van der Waals surface area (Å²) < 4.78 is 5.60. The van der Waals surface area contributed by atoms with Crippen molar-refractivity contribution in [2.45, 2.75) is 38.7 Å². The van der Waals surface area contributed by atoms with Crippen LogP contribution in [0.2, 0.25) is 0 Å². The second-order valence-electron chi connectivity index (χ2n) is 8.87. The highest BCUT2D eigenvalue weighted by Crippen LogP contribution is 2.25. The van der Waals surface area contributed by atoms with E-state index in [0.717, 1.165) is 30.7 Å². The fraction of sp³-hybridized carbons (Fsp3) is 0.480. The molecule has 8 nitrogen and oxygen atoms in total. The van der Waals surface area contributed by atoms with Crippen LogP contribution in [0.25, 0.3) is 0 Å². The number of pyridine rings is 1. The van der Waals surface area contributed by atoms with Crippen molar-refractivity contribution in [2.24, 2.45) is 0 Å². The first-order valence-electron chi connectivity index (χ1n) is 11.8. The molecule has 2 N–H and O–H groups in total. The van der Waals surface area contributed by atoms with E-state index in [2.05, 4.69) is 34.4 Å². The summed E-state index contributed by atoms with van der Waals surface area (Å²) in [7, 11) is 0. The quantitative estimate of drug-likeness (QED) is 0.702. The number of hydrogen-bond acceptors (Lipinski definition) is 5. The van der Waals surface area contributed by atoms with Gasteiger partial charge in [-0.15, -0.1) is 0 Å². The molecule has 176 valence electrons. The molecule has 2 aliphatic heterocycles. The Kier molecular flexibility index (Phi) is 7.44. The van der Waals surface area contributed by atoms with Gasteiger partial charge in [-0.2, -0.15) is 0 Å². The number of rotatable bonds is 6. The van der Waals surface area contributed by atoms with Crippen LogP contribution in [0.15, 0.2) is 42.6 Å². The largest absolute Gasteiger partial charge is 0.376 e. The van der Waals surface area contributed by atoms with Crippen LogP contribution < -0.4 is 15.5 Å². The summed E-state index contributed by atoms with van der Waals surface area (Å²) in [6, 6.07) is 11.4. The fourth-order valence-corrected chi connectivity index (χ4v) is 4.36. The molecule has 2 aromatic rings. The first-order chi connectivity index (χ1) is 16.0. The van der Waals surface area contributed by atoms with Crippen LogP contribution in [0, 0.1) is 0 Å². The van der Waals surface area contributed by atoms with Gasteiger partial charge in [0.15, 0.2) is 0 Å². The van der Waals surface area contributed by atoms with Crippen molar-refractivity contribution in [1.82, 2.24) is 15.2 Å². The number of nitrogens with zero attached hydrogens (tertiary/aromatic N) is 3. The Bertz CT molecular complexity index is 966. The maximum atomic E-state index is 12.9. The molecule has 2 aliphatic rings.